The van der Waals surface area contributed by atoms with E-state index < -0.39 is 44.1 Å². The third-order valence-corrected chi connectivity index (χ3v) is 25.5. The van der Waals surface area contributed by atoms with Crippen LogP contribution >= 0.6 is 0 Å². The summed E-state index contributed by atoms with van der Waals surface area (Å²) in [6.45, 7) is 20.9. The number of carbonyl (C=O) groups is 4. The first kappa shape index (κ1) is 48.8. The highest BCUT2D eigenvalue weighted by Crippen LogP contribution is 2.65. The zero-order valence-corrected chi connectivity index (χ0v) is 45.5. The third kappa shape index (κ3) is 7.61. The lowest BCUT2D eigenvalue weighted by molar-refractivity contribution is -0.224. The molecule has 16 bridgehead atoms. The van der Waals surface area contributed by atoms with Crippen LogP contribution in [-0.4, -0.2) is 46.3 Å². The van der Waals surface area contributed by atoms with Crippen LogP contribution in [0.25, 0.3) is 0 Å². The van der Waals surface area contributed by atoms with E-state index in [1.54, 1.807) is 0 Å². The number of carbonyl (C=O) groups excluding carboxylic acids is 4. The fraction of sp³-hybridized carbons (Fsp3) is 0.935. The van der Waals surface area contributed by atoms with Crippen molar-refractivity contribution in [1.82, 2.24) is 0 Å². The van der Waals surface area contributed by atoms with Crippen LogP contribution in [0.4, 0.5) is 0 Å². The fourth-order valence-electron chi connectivity index (χ4n) is 22.0. The second-order valence-corrected chi connectivity index (χ2v) is 31.0. The van der Waals surface area contributed by atoms with Crippen molar-refractivity contribution in [2.75, 3.05) is 0 Å². The van der Waals surface area contributed by atoms with E-state index in [0.29, 0.717) is 77.4 Å². The highest BCUT2D eigenvalue weighted by molar-refractivity contribution is 5.84. The molecule has 0 aliphatic heterocycles. The molecule has 0 radical (unpaired) electrons. The first-order valence-corrected chi connectivity index (χ1v) is 29.8. The van der Waals surface area contributed by atoms with Crippen LogP contribution in [0.1, 0.15) is 223 Å². The molecule has 3 unspecified atom stereocenters. The summed E-state index contributed by atoms with van der Waals surface area (Å²) in [4.78, 5) is 62.4. The largest absolute Gasteiger partial charge is 0.458 e. The maximum atomic E-state index is 16.0. The number of rotatable bonds is 15. The summed E-state index contributed by atoms with van der Waals surface area (Å²) in [5.41, 5.74) is -6.94. The lowest BCUT2D eigenvalue weighted by Gasteiger charge is -2.60. The first-order valence-electron chi connectivity index (χ1n) is 29.8. The predicted octanol–water partition coefficient (Wildman–Crippen LogP) is 13.6. The molecular formula is C62H94O8. The maximum absolute atomic E-state index is 16.0. The molecule has 16 rings (SSSR count). The van der Waals surface area contributed by atoms with E-state index >= 15 is 19.2 Å². The molecule has 0 heterocycles. The third-order valence-electron chi connectivity index (χ3n) is 25.5. The Balaban J connectivity index is 0.886. The maximum Gasteiger partial charge on any atom is 0.312 e. The van der Waals surface area contributed by atoms with Crippen molar-refractivity contribution in [3.8, 4) is 0 Å². The monoisotopic (exact) mass is 967 g/mol. The molecule has 0 N–H and O–H groups in total. The van der Waals surface area contributed by atoms with Gasteiger partial charge in [0.25, 0.3) is 0 Å². The predicted molar refractivity (Wildman–Crippen MR) is 268 cm³/mol. The smallest absolute Gasteiger partial charge is 0.312 e. The zero-order chi connectivity index (χ0) is 49.3. The highest BCUT2D eigenvalue weighted by Gasteiger charge is 2.65. The number of hydrogen-bond donors (Lipinski definition) is 0. The average molecular weight is 967 g/mol. The van der Waals surface area contributed by atoms with Gasteiger partial charge in [-0.05, 0) is 311 Å². The Kier molecular flexibility index (Phi) is 11.3. The molecule has 0 spiro atoms. The molecule has 8 heteroatoms. The summed E-state index contributed by atoms with van der Waals surface area (Å²) >= 11 is 0. The van der Waals surface area contributed by atoms with Crippen molar-refractivity contribution in [3.63, 3.8) is 0 Å². The van der Waals surface area contributed by atoms with Gasteiger partial charge in [-0.1, -0.05) is 6.92 Å². The van der Waals surface area contributed by atoms with Gasteiger partial charge in [0, 0.05) is 0 Å². The average Bonchev–Trinajstić information content (AvgIpc) is 3.27. The molecule has 0 aromatic rings. The number of esters is 4. The van der Waals surface area contributed by atoms with Crippen molar-refractivity contribution in [1.29, 1.82) is 0 Å². The van der Waals surface area contributed by atoms with Crippen LogP contribution in [-0.2, 0) is 38.1 Å². The van der Waals surface area contributed by atoms with E-state index in [2.05, 4.69) is 34.6 Å². The molecule has 8 nitrogen and oxygen atoms in total. The molecule has 16 saturated carbocycles. The SMILES string of the molecule is CCC(C)(CC(C)(CC(C)(CC(C)(C)C(=O)OC1(C)C2CC3CC(C2)CC1C3)C(=O)OC1(C)C2CC3CC(C2)CC1C3)C(=O)OC1(C)C2CC3CC(C2)CC1C3)C(=O)OC1(C)C2CC3CC(C2)CC1C3. The van der Waals surface area contributed by atoms with E-state index in [4.69, 9.17) is 18.9 Å². The van der Waals surface area contributed by atoms with Gasteiger partial charge in [-0.3, -0.25) is 19.2 Å². The highest BCUT2D eigenvalue weighted by atomic mass is 16.6. The second-order valence-electron chi connectivity index (χ2n) is 31.0. The Morgan fingerprint density at radius 1 is 0.329 bits per heavy atom. The van der Waals surface area contributed by atoms with Crippen molar-refractivity contribution >= 4 is 23.9 Å². The normalized spacial score (nSPS) is 50.0. The van der Waals surface area contributed by atoms with Gasteiger partial charge >= 0.3 is 23.9 Å². The summed E-state index contributed by atoms with van der Waals surface area (Å²) < 4.78 is 28.2. The van der Waals surface area contributed by atoms with E-state index in [1.807, 2.05) is 34.6 Å². The van der Waals surface area contributed by atoms with Crippen LogP contribution in [0, 0.1) is 116 Å². The van der Waals surface area contributed by atoms with Gasteiger partial charge in [0.1, 0.15) is 22.4 Å². The Labute approximate surface area is 422 Å². The van der Waals surface area contributed by atoms with E-state index in [1.165, 1.54) is 25.7 Å². The second kappa shape index (κ2) is 16.2. The Morgan fingerprint density at radius 3 is 0.771 bits per heavy atom. The van der Waals surface area contributed by atoms with Gasteiger partial charge < -0.3 is 18.9 Å². The van der Waals surface area contributed by atoms with Gasteiger partial charge in [-0.15, -0.1) is 0 Å². The van der Waals surface area contributed by atoms with Crippen LogP contribution < -0.4 is 0 Å². The minimum atomic E-state index is -1.30. The first-order chi connectivity index (χ1) is 32.8. The summed E-state index contributed by atoms with van der Waals surface area (Å²) in [6, 6.07) is 0. The minimum absolute atomic E-state index is 0.0995. The molecule has 0 amide bonds. The molecule has 0 aromatic carbocycles. The summed E-state index contributed by atoms with van der Waals surface area (Å²) in [5.74, 6) is 7.42. The molecule has 70 heavy (non-hydrogen) atoms. The Morgan fingerprint density at radius 2 is 0.529 bits per heavy atom. The van der Waals surface area contributed by atoms with Crippen LogP contribution in [0.15, 0.2) is 0 Å². The van der Waals surface area contributed by atoms with Crippen molar-refractivity contribution in [2.45, 2.75) is 246 Å². The number of ether oxygens (including phenoxy) is 4. The number of hydrogen-bond acceptors (Lipinski definition) is 8. The molecule has 16 fully saturated rings. The van der Waals surface area contributed by atoms with Gasteiger partial charge in [0.2, 0.25) is 0 Å². The quantitative estimate of drug-likeness (QED) is 0.118. The van der Waals surface area contributed by atoms with E-state index in [9.17, 15) is 0 Å². The molecule has 0 aromatic heterocycles. The van der Waals surface area contributed by atoms with Gasteiger partial charge in [-0.25, -0.2) is 0 Å². The summed E-state index contributed by atoms with van der Waals surface area (Å²) in [5, 5.41) is 0. The lowest BCUT2D eigenvalue weighted by Crippen LogP contribution is -2.61. The molecule has 16 aliphatic rings. The van der Waals surface area contributed by atoms with Crippen LogP contribution in [0.5, 0.6) is 0 Å². The van der Waals surface area contributed by atoms with Gasteiger partial charge in [0.05, 0.1) is 21.7 Å². The van der Waals surface area contributed by atoms with Crippen LogP contribution in [0.2, 0.25) is 0 Å². The molecular weight excluding hydrogens is 873 g/mol. The lowest BCUT2D eigenvalue weighted by atomic mass is 9.50. The molecule has 16 aliphatic carbocycles. The minimum Gasteiger partial charge on any atom is -0.458 e. The Hall–Kier alpha value is -2.12. The molecule has 390 valence electrons. The topological polar surface area (TPSA) is 105 Å². The van der Waals surface area contributed by atoms with Crippen LogP contribution in [0.3, 0.4) is 0 Å². The zero-order valence-electron chi connectivity index (χ0n) is 45.5. The fourth-order valence-corrected chi connectivity index (χ4v) is 22.0. The molecule has 0 saturated heterocycles. The molecule has 3 atom stereocenters. The van der Waals surface area contributed by atoms with E-state index in [-0.39, 0.29) is 43.1 Å². The summed E-state index contributed by atoms with van der Waals surface area (Å²) in [7, 11) is 0. The summed E-state index contributed by atoms with van der Waals surface area (Å²) in [6.07, 6.45) is 24.0. The van der Waals surface area contributed by atoms with Gasteiger partial charge in [-0.2, -0.15) is 0 Å². The Bertz CT molecular complexity index is 2020. The van der Waals surface area contributed by atoms with Crippen molar-refractivity contribution in [2.24, 2.45) is 116 Å². The van der Waals surface area contributed by atoms with Gasteiger partial charge in [0.15, 0.2) is 0 Å². The van der Waals surface area contributed by atoms with Crippen molar-refractivity contribution < 1.29 is 38.1 Å². The van der Waals surface area contributed by atoms with E-state index in [0.717, 1.165) is 126 Å². The van der Waals surface area contributed by atoms with Crippen molar-refractivity contribution in [3.05, 3.63) is 0 Å². The standard InChI is InChI=1S/C62H94O8/c1-11-56(4,52(64)68-60(8)45-20-37-13-38(22-45)23-46(60)21-37)33-58(6,54(66)70-62(10)49-28-41-15-42(30-49)31-50(62)29-41)34-57(5,53(65)69-61(9)47-24-39-14-40(26-47)27-48(61)25-39)32-55(2,3)51(63)67-59(7)43-16-35-12-36(18-43)19-44(59)17-35/h35-50H,11-34H2,1-10H3.